The van der Waals surface area contributed by atoms with Crippen molar-refractivity contribution in [2.75, 3.05) is 0 Å². The average Bonchev–Trinajstić information content (AvgIpc) is 2.26. The number of benzene rings is 1. The molecule has 0 radical (unpaired) electrons. The Balaban J connectivity index is 3.38. The van der Waals surface area contributed by atoms with Gasteiger partial charge in [-0.15, -0.1) is 0 Å². The third-order valence-corrected chi connectivity index (χ3v) is 2.40. The number of hydrogen-bond donors (Lipinski definition) is 0. The summed E-state index contributed by atoms with van der Waals surface area (Å²) >= 11 is 0. The first kappa shape index (κ1) is 10.6. The third-order valence-electron chi connectivity index (χ3n) is 2.40. The van der Waals surface area contributed by atoms with Gasteiger partial charge in [0.05, 0.1) is 0 Å². The summed E-state index contributed by atoms with van der Waals surface area (Å²) in [5.41, 5.74) is 3.39. The zero-order valence-corrected chi connectivity index (χ0v) is 8.54. The van der Waals surface area contributed by atoms with Gasteiger partial charge in [0.25, 0.3) is 0 Å². The molecule has 0 saturated heterocycles. The number of hydrogen-bond acceptors (Lipinski definition) is 2. The highest BCUT2D eigenvalue weighted by Gasteiger charge is 2.07. The zero-order chi connectivity index (χ0) is 10.6. The van der Waals surface area contributed by atoms with E-state index in [0.29, 0.717) is 11.1 Å². The van der Waals surface area contributed by atoms with E-state index >= 15 is 0 Å². The highest BCUT2D eigenvalue weighted by molar-refractivity contribution is 5.84. The Morgan fingerprint density at radius 1 is 1.07 bits per heavy atom. The van der Waals surface area contributed by atoms with E-state index in [1.807, 2.05) is 19.9 Å². The van der Waals surface area contributed by atoms with Gasteiger partial charge >= 0.3 is 0 Å². The van der Waals surface area contributed by atoms with E-state index in [1.165, 1.54) is 0 Å². The van der Waals surface area contributed by atoms with E-state index in [2.05, 4.69) is 0 Å². The molecule has 1 aromatic rings. The molecule has 0 N–H and O–H groups in total. The standard InChI is InChI=1S/C12H14O2/c1-3-10-5-9(7-13)6-11(8-14)12(10)4-2/h5-8H,3-4H2,1-2H3. The predicted octanol–water partition coefficient (Wildman–Crippen LogP) is 2.44. The molecule has 0 aromatic heterocycles. The van der Waals surface area contributed by atoms with Crippen LogP contribution in [0.25, 0.3) is 0 Å². The minimum absolute atomic E-state index is 0.584. The number of carbonyl (C=O) groups is 2. The summed E-state index contributed by atoms with van der Waals surface area (Å²) in [7, 11) is 0. The second kappa shape index (κ2) is 4.70. The first-order valence-electron chi connectivity index (χ1n) is 4.82. The molecule has 0 fully saturated rings. The first-order chi connectivity index (χ1) is 6.76. The smallest absolute Gasteiger partial charge is 0.150 e. The Hall–Kier alpha value is -1.44. The molecule has 0 aliphatic heterocycles. The molecular formula is C12H14O2. The van der Waals surface area contributed by atoms with Crippen LogP contribution < -0.4 is 0 Å². The van der Waals surface area contributed by atoms with Crippen molar-refractivity contribution in [3.8, 4) is 0 Å². The van der Waals surface area contributed by atoms with Gasteiger partial charge in [-0.25, -0.2) is 0 Å². The van der Waals surface area contributed by atoms with Crippen molar-refractivity contribution in [3.05, 3.63) is 34.4 Å². The number of aldehydes is 2. The van der Waals surface area contributed by atoms with Crippen LogP contribution in [0.2, 0.25) is 0 Å². The highest BCUT2D eigenvalue weighted by Crippen LogP contribution is 2.17. The second-order valence-corrected chi connectivity index (χ2v) is 3.19. The average molecular weight is 190 g/mol. The fourth-order valence-corrected chi connectivity index (χ4v) is 1.70. The highest BCUT2D eigenvalue weighted by atomic mass is 16.1. The molecule has 14 heavy (non-hydrogen) atoms. The largest absolute Gasteiger partial charge is 0.298 e. The van der Waals surface area contributed by atoms with Gasteiger partial charge < -0.3 is 0 Å². The van der Waals surface area contributed by atoms with Crippen LogP contribution in [0.15, 0.2) is 12.1 Å². The molecule has 0 atom stereocenters. The van der Waals surface area contributed by atoms with Crippen LogP contribution >= 0.6 is 0 Å². The SMILES string of the molecule is CCc1cc(C=O)cc(C=O)c1CC. The van der Waals surface area contributed by atoms with Crippen LogP contribution in [0.5, 0.6) is 0 Å². The molecule has 0 heterocycles. The van der Waals surface area contributed by atoms with E-state index in [-0.39, 0.29) is 0 Å². The van der Waals surface area contributed by atoms with Crippen molar-refractivity contribution in [2.45, 2.75) is 26.7 Å². The molecule has 0 amide bonds. The molecule has 2 heteroatoms. The summed E-state index contributed by atoms with van der Waals surface area (Å²) in [5.74, 6) is 0. The van der Waals surface area contributed by atoms with Gasteiger partial charge in [0.15, 0.2) is 0 Å². The van der Waals surface area contributed by atoms with Crippen LogP contribution in [0.3, 0.4) is 0 Å². The van der Waals surface area contributed by atoms with Gasteiger partial charge in [0, 0.05) is 11.1 Å². The van der Waals surface area contributed by atoms with E-state index < -0.39 is 0 Å². The van der Waals surface area contributed by atoms with Crippen molar-refractivity contribution in [1.82, 2.24) is 0 Å². The lowest BCUT2D eigenvalue weighted by Gasteiger charge is -2.09. The predicted molar refractivity (Wildman–Crippen MR) is 56.0 cm³/mol. The van der Waals surface area contributed by atoms with Crippen molar-refractivity contribution < 1.29 is 9.59 Å². The molecule has 0 saturated carbocycles. The molecule has 0 aliphatic carbocycles. The lowest BCUT2D eigenvalue weighted by molar-refractivity contribution is 0.112. The van der Waals surface area contributed by atoms with Gasteiger partial charge in [-0.05, 0) is 36.1 Å². The van der Waals surface area contributed by atoms with Crippen molar-refractivity contribution in [3.63, 3.8) is 0 Å². The van der Waals surface area contributed by atoms with Gasteiger partial charge in [0.2, 0.25) is 0 Å². The van der Waals surface area contributed by atoms with Gasteiger partial charge in [-0.2, -0.15) is 0 Å². The quantitative estimate of drug-likeness (QED) is 0.683. The van der Waals surface area contributed by atoms with Crippen molar-refractivity contribution in [2.24, 2.45) is 0 Å². The fraction of sp³-hybridized carbons (Fsp3) is 0.333. The van der Waals surface area contributed by atoms with Crippen molar-refractivity contribution in [1.29, 1.82) is 0 Å². The minimum Gasteiger partial charge on any atom is -0.298 e. The molecule has 1 aromatic carbocycles. The Kier molecular flexibility index (Phi) is 3.57. The molecule has 74 valence electrons. The van der Waals surface area contributed by atoms with E-state index in [0.717, 1.165) is 36.5 Å². The van der Waals surface area contributed by atoms with Gasteiger partial charge in [-0.1, -0.05) is 13.8 Å². The lowest BCUT2D eigenvalue weighted by atomic mass is 9.95. The number of rotatable bonds is 4. The molecular weight excluding hydrogens is 176 g/mol. The summed E-state index contributed by atoms with van der Waals surface area (Å²) in [5, 5.41) is 0. The Bertz CT molecular complexity index is 354. The normalized spacial score (nSPS) is 9.86. The van der Waals surface area contributed by atoms with Gasteiger partial charge in [-0.3, -0.25) is 9.59 Å². The minimum atomic E-state index is 0.584. The summed E-state index contributed by atoms with van der Waals surface area (Å²) in [6, 6.07) is 3.51. The van der Waals surface area contributed by atoms with Crippen molar-refractivity contribution >= 4 is 12.6 Å². The summed E-state index contributed by atoms with van der Waals surface area (Å²) < 4.78 is 0. The van der Waals surface area contributed by atoms with E-state index in [9.17, 15) is 9.59 Å². The maximum atomic E-state index is 10.8. The lowest BCUT2D eigenvalue weighted by Crippen LogP contribution is -1.99. The molecule has 0 unspecified atom stereocenters. The van der Waals surface area contributed by atoms with Crippen LogP contribution in [0, 0.1) is 0 Å². The third kappa shape index (κ3) is 1.90. The van der Waals surface area contributed by atoms with Gasteiger partial charge in [0.1, 0.15) is 12.6 Å². The fourth-order valence-electron chi connectivity index (χ4n) is 1.70. The molecule has 1 rings (SSSR count). The van der Waals surface area contributed by atoms with Crippen LogP contribution in [-0.2, 0) is 12.8 Å². The summed E-state index contributed by atoms with van der Waals surface area (Å²) in [6.45, 7) is 4.04. The summed E-state index contributed by atoms with van der Waals surface area (Å²) in [4.78, 5) is 21.4. The maximum Gasteiger partial charge on any atom is 0.150 e. The molecule has 2 nitrogen and oxygen atoms in total. The van der Waals surface area contributed by atoms with E-state index in [1.54, 1.807) is 6.07 Å². The Labute approximate surface area is 83.9 Å². The van der Waals surface area contributed by atoms with E-state index in [4.69, 9.17) is 0 Å². The molecule has 0 bridgehead atoms. The Morgan fingerprint density at radius 2 is 1.79 bits per heavy atom. The number of carbonyl (C=O) groups excluding carboxylic acids is 2. The molecule has 0 aliphatic rings. The Morgan fingerprint density at radius 3 is 2.21 bits per heavy atom. The monoisotopic (exact) mass is 190 g/mol. The first-order valence-corrected chi connectivity index (χ1v) is 4.82. The second-order valence-electron chi connectivity index (χ2n) is 3.19. The van der Waals surface area contributed by atoms with Crippen LogP contribution in [0.4, 0.5) is 0 Å². The topological polar surface area (TPSA) is 34.1 Å². The number of aryl methyl sites for hydroxylation is 1. The molecule has 0 spiro atoms. The summed E-state index contributed by atoms with van der Waals surface area (Å²) in [6.07, 6.45) is 3.29. The zero-order valence-electron chi connectivity index (χ0n) is 8.54. The van der Waals surface area contributed by atoms with Crippen LogP contribution in [0.1, 0.15) is 45.7 Å². The maximum absolute atomic E-state index is 10.8. The van der Waals surface area contributed by atoms with Crippen LogP contribution in [-0.4, -0.2) is 12.6 Å².